The topological polar surface area (TPSA) is 9.23 Å². The first kappa shape index (κ1) is 11.7. The fraction of sp³-hybridized carbons (Fsp3) is 0.500. The molecule has 1 aromatic rings. The highest BCUT2D eigenvalue weighted by Crippen LogP contribution is 2.42. The predicted molar refractivity (Wildman–Crippen MR) is 74.7 cm³/mol. The van der Waals surface area contributed by atoms with Crippen LogP contribution in [0.25, 0.3) is 0 Å². The van der Waals surface area contributed by atoms with Gasteiger partial charge in [-0.05, 0) is 59.7 Å². The zero-order valence-electron chi connectivity index (χ0n) is 8.51. The number of hydrogen-bond donors (Lipinski definition) is 0. The third kappa shape index (κ3) is 2.87. The third-order valence-corrected chi connectivity index (χ3v) is 4.97. The molecule has 1 aliphatic rings. The first-order valence-corrected chi connectivity index (χ1v) is 7.38. The summed E-state index contributed by atoms with van der Waals surface area (Å²) in [6.07, 6.45) is 3.94. The standard InChI is InChI=1S/C12H14BrIO/c13-8-12(6-1-7-12)9-15-11-4-2-10(14)3-5-11/h2-5H,1,6-9H2. The summed E-state index contributed by atoms with van der Waals surface area (Å²) in [6, 6.07) is 8.25. The van der Waals surface area contributed by atoms with Crippen LogP contribution in [0.4, 0.5) is 0 Å². The maximum absolute atomic E-state index is 5.83. The lowest BCUT2D eigenvalue weighted by Crippen LogP contribution is -2.37. The van der Waals surface area contributed by atoms with Crippen molar-refractivity contribution in [3.05, 3.63) is 27.8 Å². The van der Waals surface area contributed by atoms with E-state index in [0.717, 1.165) is 17.7 Å². The van der Waals surface area contributed by atoms with Crippen LogP contribution in [0.3, 0.4) is 0 Å². The van der Waals surface area contributed by atoms with E-state index in [1.807, 2.05) is 12.1 Å². The Hall–Kier alpha value is 0.230. The third-order valence-electron chi connectivity index (χ3n) is 3.06. The second kappa shape index (κ2) is 5.04. The van der Waals surface area contributed by atoms with E-state index in [-0.39, 0.29) is 0 Å². The molecule has 3 heteroatoms. The lowest BCUT2D eigenvalue weighted by Gasteiger charge is -2.39. The number of ether oxygens (including phenoxy) is 1. The summed E-state index contributed by atoms with van der Waals surface area (Å²) in [5.74, 6) is 0.989. The highest BCUT2D eigenvalue weighted by atomic mass is 127. The minimum absolute atomic E-state index is 0.406. The second-order valence-corrected chi connectivity index (χ2v) is 6.04. The van der Waals surface area contributed by atoms with Crippen molar-refractivity contribution in [2.24, 2.45) is 5.41 Å². The predicted octanol–water partition coefficient (Wildman–Crippen LogP) is 4.24. The van der Waals surface area contributed by atoms with Crippen LogP contribution in [0, 0.1) is 8.99 Å². The van der Waals surface area contributed by atoms with E-state index in [4.69, 9.17) is 4.74 Å². The summed E-state index contributed by atoms with van der Waals surface area (Å²) in [7, 11) is 0. The molecule has 0 amide bonds. The van der Waals surface area contributed by atoms with Gasteiger partial charge in [-0.25, -0.2) is 0 Å². The molecule has 0 radical (unpaired) electrons. The summed E-state index contributed by atoms with van der Waals surface area (Å²) in [5.41, 5.74) is 0.406. The van der Waals surface area contributed by atoms with Crippen molar-refractivity contribution in [1.82, 2.24) is 0 Å². The molecule has 1 nitrogen and oxygen atoms in total. The summed E-state index contributed by atoms with van der Waals surface area (Å²) >= 11 is 5.89. The highest BCUT2D eigenvalue weighted by molar-refractivity contribution is 14.1. The molecule has 82 valence electrons. The molecular formula is C12H14BrIO. The molecule has 1 saturated carbocycles. The van der Waals surface area contributed by atoms with Gasteiger partial charge in [-0.2, -0.15) is 0 Å². The summed E-state index contributed by atoms with van der Waals surface area (Å²) in [4.78, 5) is 0. The zero-order valence-corrected chi connectivity index (χ0v) is 12.3. The quantitative estimate of drug-likeness (QED) is 0.560. The summed E-state index contributed by atoms with van der Waals surface area (Å²) in [6.45, 7) is 0.846. The smallest absolute Gasteiger partial charge is 0.119 e. The van der Waals surface area contributed by atoms with E-state index in [0.29, 0.717) is 5.41 Å². The molecule has 15 heavy (non-hydrogen) atoms. The maximum atomic E-state index is 5.83. The minimum Gasteiger partial charge on any atom is -0.493 e. The lowest BCUT2D eigenvalue weighted by atomic mass is 9.71. The molecule has 0 spiro atoms. The maximum Gasteiger partial charge on any atom is 0.119 e. The number of hydrogen-bond acceptors (Lipinski definition) is 1. The molecule has 0 heterocycles. The Labute approximate surface area is 113 Å². The van der Waals surface area contributed by atoms with Crippen molar-refractivity contribution in [3.63, 3.8) is 0 Å². The van der Waals surface area contributed by atoms with Crippen molar-refractivity contribution >= 4 is 38.5 Å². The van der Waals surface area contributed by atoms with Gasteiger partial charge in [0.15, 0.2) is 0 Å². The van der Waals surface area contributed by atoms with Crippen molar-refractivity contribution in [1.29, 1.82) is 0 Å². The molecule has 0 aliphatic heterocycles. The summed E-state index contributed by atoms with van der Waals surface area (Å²) in [5, 5.41) is 1.06. The van der Waals surface area contributed by atoms with Crippen LogP contribution in [0.5, 0.6) is 5.75 Å². The second-order valence-electron chi connectivity index (χ2n) is 4.23. The molecule has 0 aromatic heterocycles. The van der Waals surface area contributed by atoms with E-state index in [1.54, 1.807) is 0 Å². The van der Waals surface area contributed by atoms with Crippen LogP contribution in [0.1, 0.15) is 19.3 Å². The Bertz CT molecular complexity index is 313. The van der Waals surface area contributed by atoms with Crippen molar-refractivity contribution in [2.75, 3.05) is 11.9 Å². The zero-order chi connectivity index (χ0) is 10.7. The normalized spacial score (nSPS) is 18.3. The highest BCUT2D eigenvalue weighted by Gasteiger charge is 2.36. The van der Waals surface area contributed by atoms with E-state index in [2.05, 4.69) is 50.7 Å². The van der Waals surface area contributed by atoms with Crippen molar-refractivity contribution in [2.45, 2.75) is 19.3 Å². The Morgan fingerprint density at radius 3 is 2.40 bits per heavy atom. The molecule has 1 aliphatic carbocycles. The molecule has 0 unspecified atom stereocenters. The Morgan fingerprint density at radius 2 is 1.93 bits per heavy atom. The van der Waals surface area contributed by atoms with Gasteiger partial charge in [0.1, 0.15) is 5.75 Å². The van der Waals surface area contributed by atoms with E-state index < -0.39 is 0 Å². The first-order chi connectivity index (χ1) is 7.24. The van der Waals surface area contributed by atoms with Gasteiger partial charge in [-0.1, -0.05) is 22.4 Å². The molecule has 1 fully saturated rings. The van der Waals surface area contributed by atoms with Gasteiger partial charge in [0, 0.05) is 14.3 Å². The molecule has 0 bridgehead atoms. The first-order valence-electron chi connectivity index (χ1n) is 5.18. The van der Waals surface area contributed by atoms with Gasteiger partial charge in [-0.15, -0.1) is 0 Å². The molecule has 0 N–H and O–H groups in total. The van der Waals surface area contributed by atoms with E-state index >= 15 is 0 Å². The van der Waals surface area contributed by atoms with Crippen LogP contribution in [-0.2, 0) is 0 Å². The van der Waals surface area contributed by atoms with Gasteiger partial charge in [0.2, 0.25) is 0 Å². The van der Waals surface area contributed by atoms with E-state index in [1.165, 1.54) is 22.8 Å². The fourth-order valence-electron chi connectivity index (χ4n) is 1.76. The fourth-order valence-corrected chi connectivity index (χ4v) is 2.84. The molecule has 0 saturated heterocycles. The van der Waals surface area contributed by atoms with Crippen LogP contribution >= 0.6 is 38.5 Å². The van der Waals surface area contributed by atoms with Crippen LogP contribution < -0.4 is 4.74 Å². The number of halogens is 2. The van der Waals surface area contributed by atoms with Crippen molar-refractivity contribution in [3.8, 4) is 5.75 Å². The molecule has 0 atom stereocenters. The van der Waals surface area contributed by atoms with E-state index in [9.17, 15) is 0 Å². The monoisotopic (exact) mass is 380 g/mol. The number of benzene rings is 1. The number of rotatable bonds is 4. The van der Waals surface area contributed by atoms with Gasteiger partial charge < -0.3 is 4.74 Å². The Morgan fingerprint density at radius 1 is 1.27 bits per heavy atom. The molecule has 2 rings (SSSR count). The van der Waals surface area contributed by atoms with Gasteiger partial charge in [0.25, 0.3) is 0 Å². The summed E-state index contributed by atoms with van der Waals surface area (Å²) < 4.78 is 7.07. The average Bonchev–Trinajstić information content (AvgIpc) is 2.20. The Balaban J connectivity index is 1.90. The van der Waals surface area contributed by atoms with Gasteiger partial charge >= 0.3 is 0 Å². The van der Waals surface area contributed by atoms with Gasteiger partial charge in [0.05, 0.1) is 6.61 Å². The van der Waals surface area contributed by atoms with Crippen LogP contribution in [-0.4, -0.2) is 11.9 Å². The average molecular weight is 381 g/mol. The Kier molecular flexibility index (Phi) is 3.93. The van der Waals surface area contributed by atoms with Crippen LogP contribution in [0.15, 0.2) is 24.3 Å². The molecular weight excluding hydrogens is 367 g/mol. The number of alkyl halides is 1. The van der Waals surface area contributed by atoms with Crippen molar-refractivity contribution < 1.29 is 4.74 Å². The molecule has 1 aromatic carbocycles. The SMILES string of the molecule is BrCC1(COc2ccc(I)cc2)CCC1. The van der Waals surface area contributed by atoms with Gasteiger partial charge in [-0.3, -0.25) is 0 Å². The lowest BCUT2D eigenvalue weighted by molar-refractivity contribution is 0.0838. The largest absolute Gasteiger partial charge is 0.493 e. The minimum atomic E-state index is 0.406. The van der Waals surface area contributed by atoms with Crippen LogP contribution in [0.2, 0.25) is 0 Å².